The van der Waals surface area contributed by atoms with Gasteiger partial charge in [0.1, 0.15) is 0 Å². The first-order valence-corrected chi connectivity index (χ1v) is 6.87. The van der Waals surface area contributed by atoms with Gasteiger partial charge in [0, 0.05) is 0 Å². The van der Waals surface area contributed by atoms with Crippen LogP contribution >= 0.6 is 25.3 Å². The summed E-state index contributed by atoms with van der Waals surface area (Å²) in [6, 6.07) is 0. The number of hydrogen-bond donors (Lipinski definition) is 2. The van der Waals surface area contributed by atoms with Crippen LogP contribution in [0.4, 0.5) is 0 Å². The third-order valence-corrected chi connectivity index (χ3v) is 4.16. The number of rotatable bonds is 5. The highest BCUT2D eigenvalue weighted by atomic mass is 32.1. The van der Waals surface area contributed by atoms with Gasteiger partial charge in [0.2, 0.25) is 0 Å². The Labute approximate surface area is 99.4 Å². The van der Waals surface area contributed by atoms with Crippen LogP contribution in [0, 0.1) is 11.3 Å². The first-order chi connectivity index (χ1) is 6.76. The Bertz CT molecular complexity index is 161. The molecule has 0 aromatic heterocycles. The molecule has 0 aromatic carbocycles. The summed E-state index contributed by atoms with van der Waals surface area (Å²) in [5.41, 5.74) is 0.559. The monoisotopic (exact) mass is 230 g/mol. The van der Waals surface area contributed by atoms with Crippen molar-refractivity contribution in [3.8, 4) is 0 Å². The van der Waals surface area contributed by atoms with Gasteiger partial charge in [0.15, 0.2) is 0 Å². The van der Waals surface area contributed by atoms with Crippen LogP contribution in [0.25, 0.3) is 0 Å². The molecule has 2 heteroatoms. The average Bonchev–Trinajstić information content (AvgIpc) is 2.20. The Morgan fingerprint density at radius 1 is 1.14 bits per heavy atom. The molecule has 1 rings (SSSR count). The minimum absolute atomic E-state index is 0.559. The molecule has 0 nitrogen and oxygen atoms in total. The molecule has 1 fully saturated rings. The van der Waals surface area contributed by atoms with Crippen molar-refractivity contribution < 1.29 is 0 Å². The van der Waals surface area contributed by atoms with Crippen molar-refractivity contribution in [1.29, 1.82) is 0 Å². The van der Waals surface area contributed by atoms with E-state index in [1.165, 1.54) is 38.5 Å². The second kappa shape index (κ2) is 6.12. The number of thiol groups is 2. The van der Waals surface area contributed by atoms with Crippen molar-refractivity contribution in [1.82, 2.24) is 0 Å². The summed E-state index contributed by atoms with van der Waals surface area (Å²) in [4.78, 5) is 0. The van der Waals surface area contributed by atoms with Crippen LogP contribution in [0.1, 0.15) is 38.5 Å². The van der Waals surface area contributed by atoms with Crippen LogP contribution in [0.5, 0.6) is 0 Å². The van der Waals surface area contributed by atoms with E-state index in [9.17, 15) is 0 Å². The zero-order valence-corrected chi connectivity index (χ0v) is 10.7. The van der Waals surface area contributed by atoms with Crippen molar-refractivity contribution in [2.24, 2.45) is 11.3 Å². The number of allylic oxidation sites excluding steroid dienone is 1. The largest absolute Gasteiger partial charge is 0.179 e. The van der Waals surface area contributed by atoms with E-state index < -0.39 is 0 Å². The lowest BCUT2D eigenvalue weighted by Crippen LogP contribution is -2.28. The maximum Gasteiger partial charge on any atom is -0.00926 e. The SMILES string of the molecule is C=CC1CCC(CCS)(CCS)CC1. The Kier molecular flexibility index (Phi) is 5.47. The maximum absolute atomic E-state index is 4.38. The average molecular weight is 230 g/mol. The predicted molar refractivity (Wildman–Crippen MR) is 71.5 cm³/mol. The molecular formula is C12H22S2. The molecule has 0 amide bonds. The maximum atomic E-state index is 4.38. The van der Waals surface area contributed by atoms with Gasteiger partial charge >= 0.3 is 0 Å². The normalized spacial score (nSPS) is 22.1. The van der Waals surface area contributed by atoms with Crippen molar-refractivity contribution in [3.05, 3.63) is 12.7 Å². The summed E-state index contributed by atoms with van der Waals surface area (Å²) < 4.78 is 0. The highest BCUT2D eigenvalue weighted by Gasteiger charge is 2.32. The van der Waals surface area contributed by atoms with Crippen LogP contribution in [0.15, 0.2) is 12.7 Å². The van der Waals surface area contributed by atoms with Crippen molar-refractivity contribution in [2.45, 2.75) is 38.5 Å². The second-order valence-corrected chi connectivity index (χ2v) is 5.41. The van der Waals surface area contributed by atoms with Gasteiger partial charge in [-0.25, -0.2) is 0 Å². The minimum Gasteiger partial charge on any atom is -0.179 e. The first-order valence-electron chi connectivity index (χ1n) is 5.60. The Morgan fingerprint density at radius 2 is 1.64 bits per heavy atom. The van der Waals surface area contributed by atoms with Gasteiger partial charge < -0.3 is 0 Å². The van der Waals surface area contributed by atoms with Gasteiger partial charge in [-0.15, -0.1) is 6.58 Å². The third kappa shape index (κ3) is 3.23. The molecule has 1 saturated carbocycles. The van der Waals surface area contributed by atoms with Crippen LogP contribution < -0.4 is 0 Å². The van der Waals surface area contributed by atoms with Gasteiger partial charge in [-0.3, -0.25) is 0 Å². The zero-order valence-electron chi connectivity index (χ0n) is 8.91. The molecular weight excluding hydrogens is 208 g/mol. The lowest BCUT2D eigenvalue weighted by atomic mass is 9.67. The Balaban J connectivity index is 2.49. The smallest absolute Gasteiger partial charge is 0.00926 e. The fourth-order valence-electron chi connectivity index (χ4n) is 2.59. The lowest BCUT2D eigenvalue weighted by Gasteiger charge is -2.39. The zero-order chi connectivity index (χ0) is 10.4. The molecule has 0 heterocycles. The molecule has 0 bridgehead atoms. The van der Waals surface area contributed by atoms with Crippen LogP contribution in [-0.2, 0) is 0 Å². The number of hydrogen-bond acceptors (Lipinski definition) is 2. The van der Waals surface area contributed by atoms with Crippen molar-refractivity contribution in [3.63, 3.8) is 0 Å². The molecule has 0 radical (unpaired) electrons. The van der Waals surface area contributed by atoms with E-state index >= 15 is 0 Å². The van der Waals surface area contributed by atoms with Crippen LogP contribution in [-0.4, -0.2) is 11.5 Å². The quantitative estimate of drug-likeness (QED) is 0.518. The fraction of sp³-hybridized carbons (Fsp3) is 0.833. The molecule has 14 heavy (non-hydrogen) atoms. The van der Waals surface area contributed by atoms with Gasteiger partial charge in [-0.05, 0) is 61.4 Å². The lowest BCUT2D eigenvalue weighted by molar-refractivity contribution is 0.155. The Morgan fingerprint density at radius 3 is 2.00 bits per heavy atom. The van der Waals surface area contributed by atoms with Gasteiger partial charge in [0.25, 0.3) is 0 Å². The molecule has 0 saturated heterocycles. The molecule has 0 aliphatic heterocycles. The van der Waals surface area contributed by atoms with Gasteiger partial charge in [0.05, 0.1) is 0 Å². The summed E-state index contributed by atoms with van der Waals surface area (Å²) in [5, 5.41) is 0. The summed E-state index contributed by atoms with van der Waals surface area (Å²) in [6.45, 7) is 3.89. The molecule has 1 aliphatic carbocycles. The molecule has 0 aromatic rings. The highest BCUT2D eigenvalue weighted by molar-refractivity contribution is 7.80. The standard InChI is InChI=1S/C12H22S2/c1-2-11-3-5-12(6-4-11,7-9-13)8-10-14/h2,11,13-14H,1,3-10H2. The molecule has 0 atom stereocenters. The van der Waals surface area contributed by atoms with E-state index in [2.05, 4.69) is 37.9 Å². The third-order valence-electron chi connectivity index (χ3n) is 3.71. The van der Waals surface area contributed by atoms with E-state index in [4.69, 9.17) is 0 Å². The van der Waals surface area contributed by atoms with Crippen molar-refractivity contribution in [2.75, 3.05) is 11.5 Å². The van der Waals surface area contributed by atoms with E-state index in [1.807, 2.05) is 0 Å². The highest BCUT2D eigenvalue weighted by Crippen LogP contribution is 2.44. The topological polar surface area (TPSA) is 0 Å². The second-order valence-electron chi connectivity index (χ2n) is 4.52. The van der Waals surface area contributed by atoms with E-state index in [-0.39, 0.29) is 0 Å². The van der Waals surface area contributed by atoms with Crippen molar-refractivity contribution >= 4 is 25.3 Å². The Hall–Kier alpha value is 0.440. The van der Waals surface area contributed by atoms with E-state index in [0.29, 0.717) is 5.41 Å². The minimum atomic E-state index is 0.559. The van der Waals surface area contributed by atoms with Gasteiger partial charge in [-0.2, -0.15) is 25.3 Å². The summed E-state index contributed by atoms with van der Waals surface area (Å²) in [5.74, 6) is 2.81. The van der Waals surface area contributed by atoms with Gasteiger partial charge in [-0.1, -0.05) is 6.08 Å². The molecule has 1 aliphatic rings. The molecule has 82 valence electrons. The summed E-state index contributed by atoms with van der Waals surface area (Å²) in [7, 11) is 0. The summed E-state index contributed by atoms with van der Waals surface area (Å²) in [6.07, 6.45) is 10.0. The van der Waals surface area contributed by atoms with Crippen LogP contribution in [0.2, 0.25) is 0 Å². The first kappa shape index (κ1) is 12.5. The van der Waals surface area contributed by atoms with E-state index in [0.717, 1.165) is 17.4 Å². The van der Waals surface area contributed by atoms with E-state index in [1.54, 1.807) is 0 Å². The summed E-state index contributed by atoms with van der Waals surface area (Å²) >= 11 is 8.76. The molecule has 0 spiro atoms. The van der Waals surface area contributed by atoms with Crippen LogP contribution in [0.3, 0.4) is 0 Å². The molecule has 0 N–H and O–H groups in total. The fourth-order valence-corrected chi connectivity index (χ4v) is 3.54. The predicted octanol–water partition coefficient (Wildman–Crippen LogP) is 3.99. The molecule has 0 unspecified atom stereocenters.